The monoisotopic (exact) mass is 402 g/mol. The summed E-state index contributed by atoms with van der Waals surface area (Å²) in [5.41, 5.74) is -0.508. The van der Waals surface area contributed by atoms with Gasteiger partial charge in [0.15, 0.2) is 12.4 Å². The van der Waals surface area contributed by atoms with Crippen LogP contribution in [0.1, 0.15) is 72.6 Å². The molecule has 3 fully saturated rings. The zero-order chi connectivity index (χ0) is 21.2. The molecule has 5 nitrogen and oxygen atoms in total. The van der Waals surface area contributed by atoms with E-state index in [1.54, 1.807) is 0 Å². The fraction of sp³-hybridized carbons (Fsp3) is 0.792. The fourth-order valence-electron chi connectivity index (χ4n) is 7.75. The molecule has 3 saturated carbocycles. The Labute approximate surface area is 173 Å². The molecule has 4 aliphatic rings. The number of carbonyl (C=O) groups excluding carboxylic acids is 3. The first kappa shape index (κ1) is 20.8. The number of allylic oxidation sites excluding steroid dienone is 1. The molecule has 0 aromatic rings. The lowest BCUT2D eigenvalue weighted by atomic mass is 9.44. The molecule has 5 heteroatoms. The molecule has 160 valence electrons. The van der Waals surface area contributed by atoms with Crippen molar-refractivity contribution in [3.8, 4) is 0 Å². The second-order valence-electron chi connectivity index (χ2n) is 10.6. The lowest BCUT2D eigenvalue weighted by Crippen LogP contribution is -2.58. The average molecular weight is 403 g/mol. The zero-order valence-electron chi connectivity index (χ0n) is 18.1. The van der Waals surface area contributed by atoms with Gasteiger partial charge in [-0.25, -0.2) is 0 Å². The van der Waals surface area contributed by atoms with Crippen molar-refractivity contribution in [2.24, 2.45) is 34.5 Å². The smallest absolute Gasteiger partial charge is 0.303 e. The van der Waals surface area contributed by atoms with Gasteiger partial charge in [0.1, 0.15) is 5.60 Å². The Hall–Kier alpha value is -1.49. The average Bonchev–Trinajstić information content (AvgIpc) is 2.94. The largest absolute Gasteiger partial charge is 0.458 e. The molecule has 4 aliphatic carbocycles. The minimum Gasteiger partial charge on any atom is -0.458 e. The Balaban J connectivity index is 1.64. The lowest BCUT2D eigenvalue weighted by molar-refractivity contribution is -0.170. The molecule has 0 bridgehead atoms. The molecular weight excluding hydrogens is 368 g/mol. The summed E-state index contributed by atoms with van der Waals surface area (Å²) in [4.78, 5) is 36.2. The molecule has 0 radical (unpaired) electrons. The van der Waals surface area contributed by atoms with Crippen LogP contribution in [0.15, 0.2) is 11.6 Å². The van der Waals surface area contributed by atoms with Crippen LogP contribution in [-0.4, -0.2) is 34.9 Å². The topological polar surface area (TPSA) is 80.7 Å². The maximum atomic E-state index is 12.9. The molecule has 0 spiro atoms. The molecule has 7 atom stereocenters. The zero-order valence-corrected chi connectivity index (χ0v) is 18.1. The van der Waals surface area contributed by atoms with E-state index in [1.807, 2.05) is 6.08 Å². The van der Waals surface area contributed by atoms with Crippen LogP contribution in [0.25, 0.3) is 0 Å². The molecule has 0 aromatic heterocycles. The van der Waals surface area contributed by atoms with Crippen molar-refractivity contribution in [2.45, 2.75) is 78.2 Å². The summed E-state index contributed by atoms with van der Waals surface area (Å²) in [6.07, 6.45) is 7.54. The Morgan fingerprint density at radius 1 is 1.17 bits per heavy atom. The fourth-order valence-corrected chi connectivity index (χ4v) is 7.75. The maximum absolute atomic E-state index is 12.9. The third-order valence-electron chi connectivity index (χ3n) is 9.30. The van der Waals surface area contributed by atoms with Crippen LogP contribution in [0.2, 0.25) is 0 Å². The first-order valence-electron chi connectivity index (χ1n) is 11.2. The van der Waals surface area contributed by atoms with Crippen molar-refractivity contribution in [3.63, 3.8) is 0 Å². The van der Waals surface area contributed by atoms with Gasteiger partial charge in [0.05, 0.1) is 0 Å². The predicted molar refractivity (Wildman–Crippen MR) is 108 cm³/mol. The van der Waals surface area contributed by atoms with Gasteiger partial charge in [-0.15, -0.1) is 0 Å². The van der Waals surface area contributed by atoms with Crippen molar-refractivity contribution >= 4 is 17.5 Å². The van der Waals surface area contributed by atoms with E-state index in [9.17, 15) is 19.5 Å². The number of fused-ring (bicyclic) bond motifs is 5. The molecule has 0 aromatic carbocycles. The molecule has 4 rings (SSSR count). The number of carbonyl (C=O) groups is 3. The Bertz CT molecular complexity index is 784. The van der Waals surface area contributed by atoms with Gasteiger partial charge < -0.3 is 9.84 Å². The number of esters is 1. The van der Waals surface area contributed by atoms with Crippen molar-refractivity contribution in [2.75, 3.05) is 6.61 Å². The minimum atomic E-state index is -1.42. The Morgan fingerprint density at radius 2 is 1.86 bits per heavy atom. The van der Waals surface area contributed by atoms with Crippen LogP contribution < -0.4 is 0 Å². The SMILES string of the molecule is CC(=O)OCC(=O)[C@@]1(O)CC[C@@H]2[C@@H]3C[C@H](C)C4=CC(=O)CC[C@]4(C)[C@@H]3CC[C@@]21C. The van der Waals surface area contributed by atoms with Crippen LogP contribution in [0.4, 0.5) is 0 Å². The highest BCUT2D eigenvalue weighted by Crippen LogP contribution is 2.68. The number of ketones is 2. The lowest BCUT2D eigenvalue weighted by Gasteiger charge is -2.60. The van der Waals surface area contributed by atoms with Crippen molar-refractivity contribution in [3.05, 3.63) is 11.6 Å². The molecule has 0 unspecified atom stereocenters. The van der Waals surface area contributed by atoms with Crippen LogP contribution in [0.5, 0.6) is 0 Å². The highest BCUT2D eigenvalue weighted by molar-refractivity contribution is 5.92. The number of Topliss-reactive ketones (excluding diaryl/α,β-unsaturated/α-hetero) is 1. The van der Waals surface area contributed by atoms with E-state index >= 15 is 0 Å². The van der Waals surface area contributed by atoms with E-state index < -0.39 is 17.0 Å². The number of aliphatic hydroxyl groups is 1. The van der Waals surface area contributed by atoms with E-state index in [-0.39, 0.29) is 29.5 Å². The van der Waals surface area contributed by atoms with Gasteiger partial charge in [0.2, 0.25) is 5.78 Å². The standard InChI is InChI=1S/C24H34O5/c1-14-11-17-18(22(3)8-5-16(26)12-20(14)22)6-9-23(4)19(17)7-10-24(23,28)21(27)13-29-15(2)25/h12,14,17-19,28H,5-11,13H2,1-4H3/t14-,17+,18+,19+,22+,23-,24-/m0/s1. The van der Waals surface area contributed by atoms with E-state index in [0.29, 0.717) is 30.6 Å². The third kappa shape index (κ3) is 2.87. The number of hydrogen-bond acceptors (Lipinski definition) is 5. The molecule has 0 heterocycles. The highest BCUT2D eigenvalue weighted by atomic mass is 16.5. The summed E-state index contributed by atoms with van der Waals surface area (Å²) in [6, 6.07) is 0. The first-order chi connectivity index (χ1) is 13.5. The first-order valence-corrected chi connectivity index (χ1v) is 11.2. The van der Waals surface area contributed by atoms with Gasteiger partial charge in [-0.05, 0) is 73.7 Å². The number of rotatable bonds is 3. The van der Waals surface area contributed by atoms with Gasteiger partial charge in [0.25, 0.3) is 0 Å². The van der Waals surface area contributed by atoms with Gasteiger partial charge >= 0.3 is 5.97 Å². The van der Waals surface area contributed by atoms with Crippen LogP contribution in [-0.2, 0) is 19.1 Å². The minimum absolute atomic E-state index is 0.0556. The number of hydrogen-bond donors (Lipinski definition) is 1. The molecule has 0 aliphatic heterocycles. The van der Waals surface area contributed by atoms with Crippen LogP contribution >= 0.6 is 0 Å². The van der Waals surface area contributed by atoms with Crippen molar-refractivity contribution in [1.29, 1.82) is 0 Å². The summed E-state index contributed by atoms with van der Waals surface area (Å²) >= 11 is 0. The second-order valence-corrected chi connectivity index (χ2v) is 10.6. The molecular formula is C24H34O5. The molecule has 0 amide bonds. The van der Waals surface area contributed by atoms with Crippen molar-refractivity contribution < 1.29 is 24.2 Å². The molecule has 1 N–H and O–H groups in total. The van der Waals surface area contributed by atoms with Crippen molar-refractivity contribution in [1.82, 2.24) is 0 Å². The van der Waals surface area contributed by atoms with Crippen LogP contribution in [0, 0.1) is 34.5 Å². The maximum Gasteiger partial charge on any atom is 0.303 e. The van der Waals surface area contributed by atoms with Crippen LogP contribution in [0.3, 0.4) is 0 Å². The quantitative estimate of drug-likeness (QED) is 0.729. The Kier molecular flexibility index (Phi) is 4.84. The summed E-state index contributed by atoms with van der Waals surface area (Å²) < 4.78 is 4.94. The van der Waals surface area contributed by atoms with E-state index in [1.165, 1.54) is 12.5 Å². The molecule has 0 saturated heterocycles. The van der Waals surface area contributed by atoms with Gasteiger partial charge in [-0.1, -0.05) is 26.3 Å². The summed E-state index contributed by atoms with van der Waals surface area (Å²) in [5, 5.41) is 11.5. The normalized spacial score (nSPS) is 46.2. The van der Waals surface area contributed by atoms with E-state index in [4.69, 9.17) is 4.74 Å². The second kappa shape index (κ2) is 6.76. The summed E-state index contributed by atoms with van der Waals surface area (Å²) in [7, 11) is 0. The van der Waals surface area contributed by atoms with E-state index in [0.717, 1.165) is 32.1 Å². The predicted octanol–water partition coefficient (Wildman–Crippen LogP) is 3.63. The summed E-state index contributed by atoms with van der Waals surface area (Å²) in [5.74, 6) is 1.01. The van der Waals surface area contributed by atoms with Gasteiger partial charge in [-0.2, -0.15) is 0 Å². The van der Waals surface area contributed by atoms with Gasteiger partial charge in [0, 0.05) is 18.8 Å². The van der Waals surface area contributed by atoms with E-state index in [2.05, 4.69) is 20.8 Å². The molecule has 29 heavy (non-hydrogen) atoms. The number of ether oxygens (including phenoxy) is 1. The summed E-state index contributed by atoms with van der Waals surface area (Å²) in [6.45, 7) is 7.60. The third-order valence-corrected chi connectivity index (χ3v) is 9.30. The highest BCUT2D eigenvalue weighted by Gasteiger charge is 2.66. The Morgan fingerprint density at radius 3 is 2.55 bits per heavy atom. The van der Waals surface area contributed by atoms with Gasteiger partial charge in [-0.3, -0.25) is 14.4 Å².